The summed E-state index contributed by atoms with van der Waals surface area (Å²) >= 11 is 3.35. The van der Waals surface area contributed by atoms with Crippen LogP contribution in [0.5, 0.6) is 0 Å². The third kappa shape index (κ3) is 3.20. The Bertz CT molecular complexity index is 530. The Balaban J connectivity index is 2.39. The van der Waals surface area contributed by atoms with Crippen molar-refractivity contribution in [3.05, 3.63) is 28.7 Å². The molecule has 106 valence electrons. The van der Waals surface area contributed by atoms with E-state index >= 15 is 0 Å². The van der Waals surface area contributed by atoms with E-state index in [0.717, 1.165) is 32.1 Å². The molecule has 1 aliphatic carbocycles. The molecule has 0 radical (unpaired) electrons. The second-order valence-electron chi connectivity index (χ2n) is 5.15. The van der Waals surface area contributed by atoms with E-state index in [1.807, 2.05) is 6.07 Å². The molecule has 0 spiro atoms. The van der Waals surface area contributed by atoms with Crippen LogP contribution in [0.4, 0.5) is 0 Å². The lowest BCUT2D eigenvalue weighted by Crippen LogP contribution is -2.34. The van der Waals surface area contributed by atoms with Crippen LogP contribution in [0.1, 0.15) is 32.1 Å². The average molecular weight is 346 g/mol. The van der Waals surface area contributed by atoms with E-state index < -0.39 is 9.84 Å². The van der Waals surface area contributed by atoms with Crippen molar-refractivity contribution >= 4 is 25.8 Å². The van der Waals surface area contributed by atoms with Gasteiger partial charge in [-0.05, 0) is 53.4 Å². The van der Waals surface area contributed by atoms with Gasteiger partial charge >= 0.3 is 0 Å². The van der Waals surface area contributed by atoms with E-state index in [4.69, 9.17) is 5.73 Å². The molecule has 1 aromatic carbocycles. The second-order valence-corrected chi connectivity index (χ2v) is 8.14. The van der Waals surface area contributed by atoms with E-state index in [1.54, 1.807) is 18.2 Å². The summed E-state index contributed by atoms with van der Waals surface area (Å²) < 4.78 is 26.3. The summed E-state index contributed by atoms with van der Waals surface area (Å²) in [6.45, 7) is 0.453. The Labute approximate surface area is 123 Å². The van der Waals surface area contributed by atoms with Crippen LogP contribution >= 0.6 is 15.9 Å². The van der Waals surface area contributed by atoms with Gasteiger partial charge in [0.15, 0.2) is 9.84 Å². The molecule has 2 atom stereocenters. The van der Waals surface area contributed by atoms with Crippen LogP contribution in [0.2, 0.25) is 0 Å². The Kier molecular flexibility index (Phi) is 5.03. The first-order valence-corrected chi connectivity index (χ1v) is 9.10. The van der Waals surface area contributed by atoms with Crippen molar-refractivity contribution in [2.75, 3.05) is 6.54 Å². The number of benzene rings is 1. The largest absolute Gasteiger partial charge is 0.330 e. The van der Waals surface area contributed by atoms with E-state index in [-0.39, 0.29) is 11.2 Å². The summed E-state index contributed by atoms with van der Waals surface area (Å²) in [5, 5.41) is -0.335. The van der Waals surface area contributed by atoms with Crippen molar-refractivity contribution < 1.29 is 8.42 Å². The lowest BCUT2D eigenvalue weighted by atomic mass is 10.0. The zero-order chi connectivity index (χ0) is 13.9. The maximum absolute atomic E-state index is 12.8. The minimum absolute atomic E-state index is 0.0830. The first-order valence-electron chi connectivity index (χ1n) is 6.76. The molecule has 1 saturated carbocycles. The fourth-order valence-electron chi connectivity index (χ4n) is 2.87. The molecule has 0 bridgehead atoms. The first kappa shape index (κ1) is 15.0. The van der Waals surface area contributed by atoms with Gasteiger partial charge in [-0.1, -0.05) is 31.4 Å². The highest BCUT2D eigenvalue weighted by molar-refractivity contribution is 9.10. The molecule has 19 heavy (non-hydrogen) atoms. The number of nitrogens with two attached hydrogens (primary N) is 1. The zero-order valence-corrected chi connectivity index (χ0v) is 13.3. The fourth-order valence-corrected chi connectivity index (χ4v) is 5.99. The predicted octanol–water partition coefficient (Wildman–Crippen LogP) is 3.13. The van der Waals surface area contributed by atoms with Crippen LogP contribution in [-0.2, 0) is 9.84 Å². The number of halogens is 1. The molecule has 0 aromatic heterocycles. The number of sulfone groups is 1. The Morgan fingerprint density at radius 1 is 1.16 bits per heavy atom. The van der Waals surface area contributed by atoms with Gasteiger partial charge in [0.25, 0.3) is 0 Å². The van der Waals surface area contributed by atoms with Gasteiger partial charge in [0, 0.05) is 4.47 Å². The second kappa shape index (κ2) is 6.37. The molecule has 1 aromatic rings. The fraction of sp³-hybridized carbons (Fsp3) is 0.571. The van der Waals surface area contributed by atoms with E-state index in [9.17, 15) is 8.42 Å². The Morgan fingerprint density at radius 3 is 2.53 bits per heavy atom. The van der Waals surface area contributed by atoms with Crippen LogP contribution in [0.15, 0.2) is 33.6 Å². The standard InChI is InChI=1S/C14H20BrNO2S/c15-12-7-4-5-9-14(12)19(17,18)13-8-3-1-2-6-11(13)10-16/h4-5,7,9,11,13H,1-3,6,8,10,16H2. The van der Waals surface area contributed by atoms with Crippen molar-refractivity contribution in [3.8, 4) is 0 Å². The molecule has 0 heterocycles. The van der Waals surface area contributed by atoms with Gasteiger partial charge in [0.1, 0.15) is 0 Å². The van der Waals surface area contributed by atoms with Crippen molar-refractivity contribution in [1.29, 1.82) is 0 Å². The van der Waals surface area contributed by atoms with Crippen LogP contribution in [-0.4, -0.2) is 20.2 Å². The molecule has 0 amide bonds. The maximum Gasteiger partial charge on any atom is 0.182 e. The van der Waals surface area contributed by atoms with Gasteiger partial charge in [-0.15, -0.1) is 0 Å². The first-order chi connectivity index (χ1) is 9.07. The topological polar surface area (TPSA) is 60.2 Å². The molecule has 2 unspecified atom stereocenters. The molecule has 3 nitrogen and oxygen atoms in total. The van der Waals surface area contributed by atoms with Crippen molar-refractivity contribution in [1.82, 2.24) is 0 Å². The Hall–Kier alpha value is -0.390. The van der Waals surface area contributed by atoms with E-state index in [0.29, 0.717) is 15.9 Å². The van der Waals surface area contributed by atoms with Crippen molar-refractivity contribution in [2.45, 2.75) is 42.2 Å². The minimum Gasteiger partial charge on any atom is -0.330 e. The third-order valence-corrected chi connectivity index (χ3v) is 7.27. The van der Waals surface area contributed by atoms with E-state index in [1.165, 1.54) is 0 Å². The van der Waals surface area contributed by atoms with Gasteiger partial charge in [0.05, 0.1) is 10.1 Å². The van der Waals surface area contributed by atoms with Gasteiger partial charge in [0.2, 0.25) is 0 Å². The van der Waals surface area contributed by atoms with Crippen LogP contribution in [0, 0.1) is 5.92 Å². The molecular weight excluding hydrogens is 326 g/mol. The lowest BCUT2D eigenvalue weighted by molar-refractivity contribution is 0.456. The monoisotopic (exact) mass is 345 g/mol. The van der Waals surface area contributed by atoms with E-state index in [2.05, 4.69) is 15.9 Å². The Morgan fingerprint density at radius 2 is 1.84 bits per heavy atom. The maximum atomic E-state index is 12.8. The van der Waals surface area contributed by atoms with Crippen LogP contribution in [0.25, 0.3) is 0 Å². The number of hydrogen-bond donors (Lipinski definition) is 1. The number of hydrogen-bond acceptors (Lipinski definition) is 3. The van der Waals surface area contributed by atoms with Gasteiger partial charge in [-0.2, -0.15) is 0 Å². The molecule has 2 N–H and O–H groups in total. The summed E-state index contributed by atoms with van der Waals surface area (Å²) in [6, 6.07) is 7.06. The smallest absolute Gasteiger partial charge is 0.182 e. The summed E-state index contributed by atoms with van der Waals surface area (Å²) in [6.07, 6.45) is 4.82. The van der Waals surface area contributed by atoms with Gasteiger partial charge in [-0.25, -0.2) is 8.42 Å². The van der Waals surface area contributed by atoms with Gasteiger partial charge < -0.3 is 5.73 Å². The quantitative estimate of drug-likeness (QED) is 0.856. The van der Waals surface area contributed by atoms with Crippen molar-refractivity contribution in [3.63, 3.8) is 0 Å². The molecule has 5 heteroatoms. The summed E-state index contributed by atoms with van der Waals surface area (Å²) in [5.41, 5.74) is 5.80. The predicted molar refractivity (Wildman–Crippen MR) is 80.7 cm³/mol. The third-order valence-electron chi connectivity index (χ3n) is 3.93. The molecule has 0 aliphatic heterocycles. The molecule has 1 fully saturated rings. The summed E-state index contributed by atoms with van der Waals surface area (Å²) in [7, 11) is -3.30. The lowest BCUT2D eigenvalue weighted by Gasteiger charge is -2.24. The molecular formula is C14H20BrNO2S. The minimum atomic E-state index is -3.30. The molecule has 0 saturated heterocycles. The highest BCUT2D eigenvalue weighted by atomic mass is 79.9. The number of rotatable bonds is 3. The molecule has 1 aliphatic rings. The summed E-state index contributed by atoms with van der Waals surface area (Å²) in [4.78, 5) is 0.403. The van der Waals surface area contributed by atoms with Crippen LogP contribution in [0.3, 0.4) is 0 Å². The average Bonchev–Trinajstić information content (AvgIpc) is 2.64. The summed E-state index contributed by atoms with van der Waals surface area (Å²) in [5.74, 6) is 0.0830. The van der Waals surface area contributed by atoms with Crippen molar-refractivity contribution in [2.24, 2.45) is 11.7 Å². The van der Waals surface area contributed by atoms with Crippen LogP contribution < -0.4 is 5.73 Å². The SMILES string of the molecule is NCC1CCCCCC1S(=O)(=O)c1ccccc1Br. The van der Waals surface area contributed by atoms with Gasteiger partial charge in [-0.3, -0.25) is 0 Å². The normalized spacial score (nSPS) is 24.9. The zero-order valence-electron chi connectivity index (χ0n) is 10.9. The molecule has 2 rings (SSSR count). The highest BCUT2D eigenvalue weighted by Crippen LogP contribution is 2.34. The highest BCUT2D eigenvalue weighted by Gasteiger charge is 2.35.